The first-order chi connectivity index (χ1) is 9.68. The number of anilines is 1. The largest absolute Gasteiger partial charge is 0.418 e. The van der Waals surface area contributed by atoms with E-state index in [0.717, 1.165) is 6.07 Å². The van der Waals surface area contributed by atoms with Crippen LogP contribution in [0.25, 0.3) is 0 Å². The van der Waals surface area contributed by atoms with Gasteiger partial charge in [0.05, 0.1) is 17.3 Å². The van der Waals surface area contributed by atoms with Crippen LogP contribution in [-0.4, -0.2) is 10.8 Å². The molecule has 0 aromatic heterocycles. The summed E-state index contributed by atoms with van der Waals surface area (Å²) >= 11 is 4.87. The summed E-state index contributed by atoms with van der Waals surface area (Å²) in [4.78, 5) is 11.4. The lowest BCUT2D eigenvalue weighted by Crippen LogP contribution is -2.28. The summed E-state index contributed by atoms with van der Waals surface area (Å²) in [6.45, 7) is 4.80. The molecule has 21 heavy (non-hydrogen) atoms. The number of hydrogen-bond acceptors (Lipinski definition) is 3. The first kappa shape index (κ1) is 16.9. The standard InChI is InChI=1S/C14H11F3N2OS/c1-8(2)12(20)9(7-18)13(21)19-11-6-4-3-5-10(11)14(15,16)17/h3-6,9H,1H2,2H3,(H,19,21). The molecule has 0 radical (unpaired) electrons. The quantitative estimate of drug-likeness (QED) is 0.680. The van der Waals surface area contributed by atoms with E-state index >= 15 is 0 Å². The Bertz CT molecular complexity index is 632. The summed E-state index contributed by atoms with van der Waals surface area (Å²) in [6, 6.07) is 6.35. The van der Waals surface area contributed by atoms with E-state index in [-0.39, 0.29) is 16.2 Å². The number of alkyl halides is 3. The molecule has 0 saturated heterocycles. The predicted molar refractivity (Wildman–Crippen MR) is 76.6 cm³/mol. The van der Waals surface area contributed by atoms with E-state index in [1.165, 1.54) is 25.1 Å². The van der Waals surface area contributed by atoms with Crippen molar-refractivity contribution in [2.45, 2.75) is 13.1 Å². The third-order valence-electron chi connectivity index (χ3n) is 2.56. The van der Waals surface area contributed by atoms with Gasteiger partial charge >= 0.3 is 6.18 Å². The molecular formula is C14H11F3N2OS. The number of allylic oxidation sites excluding steroid dienone is 1. The minimum absolute atomic E-state index is 0.106. The van der Waals surface area contributed by atoms with Gasteiger partial charge in [-0.15, -0.1) is 0 Å². The zero-order valence-electron chi connectivity index (χ0n) is 11.0. The highest BCUT2D eigenvalue weighted by atomic mass is 32.1. The number of ketones is 1. The number of nitrogens with zero attached hydrogens (tertiary/aromatic N) is 1. The Morgan fingerprint density at radius 1 is 1.43 bits per heavy atom. The number of hydrogen-bond donors (Lipinski definition) is 1. The van der Waals surface area contributed by atoms with Crippen molar-refractivity contribution in [3.05, 3.63) is 42.0 Å². The van der Waals surface area contributed by atoms with Gasteiger partial charge in [-0.25, -0.2) is 0 Å². The molecule has 0 fully saturated rings. The van der Waals surface area contributed by atoms with Crippen molar-refractivity contribution in [2.24, 2.45) is 5.92 Å². The van der Waals surface area contributed by atoms with Crippen LogP contribution in [0.2, 0.25) is 0 Å². The highest BCUT2D eigenvalue weighted by Gasteiger charge is 2.34. The highest BCUT2D eigenvalue weighted by Crippen LogP contribution is 2.34. The average Bonchev–Trinajstić information content (AvgIpc) is 2.38. The van der Waals surface area contributed by atoms with E-state index < -0.39 is 23.4 Å². The normalized spacial score (nSPS) is 12.1. The third kappa shape index (κ3) is 4.13. The van der Waals surface area contributed by atoms with Crippen LogP contribution in [0.3, 0.4) is 0 Å². The van der Waals surface area contributed by atoms with E-state index in [9.17, 15) is 18.0 Å². The zero-order chi connectivity index (χ0) is 16.2. The van der Waals surface area contributed by atoms with Crippen LogP contribution in [0.15, 0.2) is 36.4 Å². The Kier molecular flexibility index (Phi) is 5.22. The minimum atomic E-state index is -4.57. The molecule has 1 atom stereocenters. The molecule has 0 heterocycles. The van der Waals surface area contributed by atoms with Gasteiger partial charge in [0.2, 0.25) is 0 Å². The summed E-state index contributed by atoms with van der Waals surface area (Å²) < 4.78 is 38.5. The number of nitrogens with one attached hydrogen (secondary N) is 1. The number of nitriles is 1. The maximum Gasteiger partial charge on any atom is 0.418 e. The molecule has 1 rings (SSSR count). The lowest BCUT2D eigenvalue weighted by atomic mass is 10.0. The maximum absolute atomic E-state index is 12.8. The Labute approximate surface area is 125 Å². The molecule has 0 amide bonds. The monoisotopic (exact) mass is 312 g/mol. The van der Waals surface area contributed by atoms with E-state index in [2.05, 4.69) is 11.9 Å². The van der Waals surface area contributed by atoms with Gasteiger partial charge in [0.1, 0.15) is 4.99 Å². The van der Waals surface area contributed by atoms with Crippen LogP contribution in [0.5, 0.6) is 0 Å². The Morgan fingerprint density at radius 2 is 2.00 bits per heavy atom. The van der Waals surface area contributed by atoms with Gasteiger partial charge < -0.3 is 5.32 Å². The SMILES string of the molecule is C=C(C)C(=O)C(C#N)C(=S)Nc1ccccc1C(F)(F)F. The summed E-state index contributed by atoms with van der Waals surface area (Å²) in [7, 11) is 0. The molecule has 0 spiro atoms. The van der Waals surface area contributed by atoms with Crippen LogP contribution < -0.4 is 5.32 Å². The second-order valence-corrected chi connectivity index (χ2v) is 4.68. The van der Waals surface area contributed by atoms with Gasteiger partial charge in [-0.05, 0) is 24.6 Å². The number of thiocarbonyl (C=S) groups is 1. The van der Waals surface area contributed by atoms with Crippen molar-refractivity contribution >= 4 is 28.7 Å². The fourth-order valence-corrected chi connectivity index (χ4v) is 1.80. The van der Waals surface area contributed by atoms with Gasteiger partial charge in [-0.1, -0.05) is 30.9 Å². The number of benzene rings is 1. The predicted octanol–water partition coefficient (Wildman–Crippen LogP) is 3.73. The van der Waals surface area contributed by atoms with E-state index in [0.29, 0.717) is 0 Å². The second-order valence-electron chi connectivity index (χ2n) is 4.24. The molecule has 1 N–H and O–H groups in total. The smallest absolute Gasteiger partial charge is 0.348 e. The molecule has 0 aliphatic carbocycles. The minimum Gasteiger partial charge on any atom is -0.348 e. The van der Waals surface area contributed by atoms with E-state index in [1.807, 2.05) is 0 Å². The topological polar surface area (TPSA) is 52.9 Å². The van der Waals surface area contributed by atoms with Crippen LogP contribution in [-0.2, 0) is 11.0 Å². The van der Waals surface area contributed by atoms with Gasteiger partial charge in [0, 0.05) is 0 Å². The average molecular weight is 312 g/mol. The molecule has 0 aliphatic heterocycles. The summed E-state index contributed by atoms with van der Waals surface area (Å²) in [5, 5.41) is 11.3. The molecule has 0 saturated carbocycles. The van der Waals surface area contributed by atoms with E-state index in [1.54, 1.807) is 6.07 Å². The molecule has 0 aliphatic rings. The number of carbonyl (C=O) groups excluding carboxylic acids is 1. The molecule has 1 aromatic carbocycles. The highest BCUT2D eigenvalue weighted by molar-refractivity contribution is 7.80. The Morgan fingerprint density at radius 3 is 2.48 bits per heavy atom. The number of rotatable bonds is 4. The molecule has 0 bridgehead atoms. The van der Waals surface area contributed by atoms with Gasteiger partial charge in [0.25, 0.3) is 0 Å². The third-order valence-corrected chi connectivity index (χ3v) is 2.90. The Hall–Kier alpha value is -2.20. The Balaban J connectivity index is 3.07. The molecule has 1 aromatic rings. The molecular weight excluding hydrogens is 301 g/mol. The fraction of sp³-hybridized carbons (Fsp3) is 0.214. The van der Waals surface area contributed by atoms with Gasteiger partial charge in [0.15, 0.2) is 11.7 Å². The molecule has 1 unspecified atom stereocenters. The first-order valence-electron chi connectivity index (χ1n) is 5.75. The number of Topliss-reactive ketones (excluding diaryl/α,β-unsaturated/α-hetero) is 1. The first-order valence-corrected chi connectivity index (χ1v) is 6.15. The number of carbonyl (C=O) groups is 1. The summed E-state index contributed by atoms with van der Waals surface area (Å²) in [6.07, 6.45) is -4.57. The van der Waals surface area contributed by atoms with Crippen molar-refractivity contribution in [2.75, 3.05) is 5.32 Å². The van der Waals surface area contributed by atoms with Crippen molar-refractivity contribution in [1.82, 2.24) is 0 Å². The number of para-hydroxylation sites is 1. The number of halogens is 3. The molecule has 110 valence electrons. The second kappa shape index (κ2) is 6.50. The van der Waals surface area contributed by atoms with Crippen LogP contribution >= 0.6 is 12.2 Å². The maximum atomic E-state index is 12.8. The van der Waals surface area contributed by atoms with Gasteiger partial charge in [-0.3, -0.25) is 4.79 Å². The molecule has 3 nitrogen and oxygen atoms in total. The van der Waals surface area contributed by atoms with Crippen LogP contribution in [0, 0.1) is 17.2 Å². The van der Waals surface area contributed by atoms with E-state index in [4.69, 9.17) is 17.5 Å². The molecule has 7 heteroatoms. The summed E-state index contributed by atoms with van der Waals surface area (Å²) in [5.41, 5.74) is -1.12. The lowest BCUT2D eigenvalue weighted by molar-refractivity contribution is -0.136. The van der Waals surface area contributed by atoms with Crippen molar-refractivity contribution < 1.29 is 18.0 Å². The van der Waals surface area contributed by atoms with Crippen LogP contribution in [0.1, 0.15) is 12.5 Å². The van der Waals surface area contributed by atoms with Crippen molar-refractivity contribution in [3.63, 3.8) is 0 Å². The fourth-order valence-electron chi connectivity index (χ4n) is 1.53. The summed E-state index contributed by atoms with van der Waals surface area (Å²) in [5.74, 6) is -1.99. The van der Waals surface area contributed by atoms with Crippen molar-refractivity contribution in [1.29, 1.82) is 5.26 Å². The van der Waals surface area contributed by atoms with Gasteiger partial charge in [-0.2, -0.15) is 18.4 Å². The lowest BCUT2D eigenvalue weighted by Gasteiger charge is -2.16. The zero-order valence-corrected chi connectivity index (χ0v) is 11.8. The van der Waals surface area contributed by atoms with Crippen molar-refractivity contribution in [3.8, 4) is 6.07 Å². The van der Waals surface area contributed by atoms with Crippen LogP contribution in [0.4, 0.5) is 18.9 Å².